The first-order chi connectivity index (χ1) is 9.69. The van der Waals surface area contributed by atoms with E-state index in [9.17, 15) is 4.39 Å². The Morgan fingerprint density at radius 1 is 1.25 bits per heavy atom. The van der Waals surface area contributed by atoms with E-state index in [1.807, 2.05) is 26.1 Å². The molecule has 2 aromatic rings. The molecular weight excluding hydrogens is 253 g/mol. The van der Waals surface area contributed by atoms with Gasteiger partial charge in [0.25, 0.3) is 0 Å². The molecule has 1 aliphatic rings. The van der Waals surface area contributed by atoms with Crippen molar-refractivity contribution in [3.8, 4) is 16.9 Å². The van der Waals surface area contributed by atoms with Crippen molar-refractivity contribution >= 4 is 0 Å². The Bertz CT molecular complexity index is 639. The van der Waals surface area contributed by atoms with Crippen LogP contribution in [0.1, 0.15) is 11.1 Å². The maximum absolute atomic E-state index is 14.1. The largest absolute Gasteiger partial charge is 0.488 e. The van der Waals surface area contributed by atoms with Crippen molar-refractivity contribution in [1.29, 1.82) is 0 Å². The molecule has 1 atom stereocenters. The molecule has 3 rings (SSSR count). The van der Waals surface area contributed by atoms with Crippen LogP contribution in [0, 0.1) is 12.7 Å². The number of hydrogen-bond acceptors (Lipinski definition) is 2. The van der Waals surface area contributed by atoms with Crippen molar-refractivity contribution in [2.45, 2.75) is 19.4 Å². The monoisotopic (exact) mass is 271 g/mol. The van der Waals surface area contributed by atoms with Gasteiger partial charge in [-0.25, -0.2) is 4.39 Å². The van der Waals surface area contributed by atoms with E-state index in [0.29, 0.717) is 5.56 Å². The lowest BCUT2D eigenvalue weighted by atomic mass is 9.97. The highest BCUT2D eigenvalue weighted by atomic mass is 19.1. The van der Waals surface area contributed by atoms with Crippen LogP contribution in [0.5, 0.6) is 5.75 Å². The number of aryl methyl sites for hydroxylation is 1. The quantitative estimate of drug-likeness (QED) is 0.924. The van der Waals surface area contributed by atoms with Crippen molar-refractivity contribution in [2.75, 3.05) is 13.6 Å². The van der Waals surface area contributed by atoms with Gasteiger partial charge < -0.3 is 10.1 Å². The fourth-order valence-electron chi connectivity index (χ4n) is 2.81. The van der Waals surface area contributed by atoms with E-state index in [0.717, 1.165) is 29.8 Å². The fourth-order valence-corrected chi connectivity index (χ4v) is 2.81. The molecule has 3 heteroatoms. The summed E-state index contributed by atoms with van der Waals surface area (Å²) < 4.78 is 20.1. The Morgan fingerprint density at radius 3 is 2.80 bits per heavy atom. The molecule has 1 unspecified atom stereocenters. The van der Waals surface area contributed by atoms with E-state index in [-0.39, 0.29) is 11.9 Å². The smallest absolute Gasteiger partial charge is 0.131 e. The average molecular weight is 271 g/mol. The molecule has 20 heavy (non-hydrogen) atoms. The highest BCUT2D eigenvalue weighted by Crippen LogP contribution is 2.40. The lowest BCUT2D eigenvalue weighted by Gasteiger charge is -2.13. The summed E-state index contributed by atoms with van der Waals surface area (Å²) in [6.45, 7) is 2.83. The SMILES string of the molecule is CNCC1Cc2cc(C)cc(-c3ccccc3F)c2O1. The predicted octanol–water partition coefficient (Wildman–Crippen LogP) is 3.32. The summed E-state index contributed by atoms with van der Waals surface area (Å²) in [5.41, 5.74) is 3.77. The number of fused-ring (bicyclic) bond motifs is 1. The molecule has 0 aliphatic carbocycles. The van der Waals surface area contributed by atoms with Crippen LogP contribution in [0.25, 0.3) is 11.1 Å². The minimum Gasteiger partial charge on any atom is -0.488 e. The zero-order valence-corrected chi connectivity index (χ0v) is 11.7. The Balaban J connectivity index is 2.08. The van der Waals surface area contributed by atoms with Gasteiger partial charge in [0.05, 0.1) is 0 Å². The maximum atomic E-state index is 14.1. The van der Waals surface area contributed by atoms with Gasteiger partial charge >= 0.3 is 0 Å². The molecule has 1 N–H and O–H groups in total. The van der Waals surface area contributed by atoms with Crippen LogP contribution in [0.2, 0.25) is 0 Å². The Hall–Kier alpha value is -1.87. The molecule has 104 valence electrons. The van der Waals surface area contributed by atoms with Crippen LogP contribution in [-0.2, 0) is 6.42 Å². The number of hydrogen-bond donors (Lipinski definition) is 1. The molecule has 0 fully saturated rings. The van der Waals surface area contributed by atoms with E-state index >= 15 is 0 Å². The fraction of sp³-hybridized carbons (Fsp3) is 0.294. The highest BCUT2D eigenvalue weighted by Gasteiger charge is 2.26. The Morgan fingerprint density at radius 2 is 2.05 bits per heavy atom. The summed E-state index contributed by atoms with van der Waals surface area (Å²) in [7, 11) is 1.91. The molecule has 0 aromatic heterocycles. The molecule has 0 radical (unpaired) electrons. The Kier molecular flexibility index (Phi) is 3.45. The average Bonchev–Trinajstić information content (AvgIpc) is 2.81. The molecule has 2 aromatic carbocycles. The summed E-state index contributed by atoms with van der Waals surface area (Å²) in [5, 5.41) is 3.13. The molecule has 0 spiro atoms. The van der Waals surface area contributed by atoms with E-state index < -0.39 is 0 Å². The molecule has 0 bridgehead atoms. The van der Waals surface area contributed by atoms with Crippen molar-refractivity contribution in [1.82, 2.24) is 5.32 Å². The zero-order chi connectivity index (χ0) is 14.1. The van der Waals surface area contributed by atoms with Crippen LogP contribution in [-0.4, -0.2) is 19.7 Å². The molecule has 0 saturated heterocycles. The van der Waals surface area contributed by atoms with Crippen LogP contribution < -0.4 is 10.1 Å². The van der Waals surface area contributed by atoms with E-state index in [1.54, 1.807) is 12.1 Å². The maximum Gasteiger partial charge on any atom is 0.131 e. The number of benzene rings is 2. The molecular formula is C17H18FNO. The van der Waals surface area contributed by atoms with Gasteiger partial charge in [0.1, 0.15) is 17.7 Å². The minimum absolute atomic E-state index is 0.127. The number of halogens is 1. The zero-order valence-electron chi connectivity index (χ0n) is 11.7. The van der Waals surface area contributed by atoms with Crippen molar-refractivity contribution < 1.29 is 9.13 Å². The minimum atomic E-state index is -0.207. The van der Waals surface area contributed by atoms with Crippen molar-refractivity contribution in [3.05, 3.63) is 53.3 Å². The van der Waals surface area contributed by atoms with Gasteiger partial charge in [-0.15, -0.1) is 0 Å². The van der Waals surface area contributed by atoms with E-state index in [1.165, 1.54) is 11.6 Å². The highest BCUT2D eigenvalue weighted by molar-refractivity contribution is 5.74. The van der Waals surface area contributed by atoms with Gasteiger partial charge in [-0.3, -0.25) is 0 Å². The number of nitrogens with one attached hydrogen (secondary N) is 1. The van der Waals surface area contributed by atoms with Crippen LogP contribution in [0.15, 0.2) is 36.4 Å². The van der Waals surface area contributed by atoms with Crippen LogP contribution in [0.4, 0.5) is 4.39 Å². The number of rotatable bonds is 3. The molecule has 2 nitrogen and oxygen atoms in total. The number of ether oxygens (including phenoxy) is 1. The van der Waals surface area contributed by atoms with Gasteiger partial charge in [-0.2, -0.15) is 0 Å². The molecule has 0 saturated carbocycles. The van der Waals surface area contributed by atoms with Gasteiger partial charge in [0, 0.05) is 24.1 Å². The summed E-state index contributed by atoms with van der Waals surface area (Å²) in [6.07, 6.45) is 1.00. The molecule has 1 heterocycles. The third kappa shape index (κ3) is 2.29. The second-order valence-electron chi connectivity index (χ2n) is 5.28. The lowest BCUT2D eigenvalue weighted by molar-refractivity contribution is 0.232. The third-order valence-corrected chi connectivity index (χ3v) is 3.64. The van der Waals surface area contributed by atoms with Gasteiger partial charge in [0.15, 0.2) is 0 Å². The topological polar surface area (TPSA) is 21.3 Å². The molecule has 0 amide bonds. The summed E-state index contributed by atoms with van der Waals surface area (Å²) in [5.74, 6) is 0.627. The second-order valence-corrected chi connectivity index (χ2v) is 5.28. The molecule has 1 aliphatic heterocycles. The summed E-state index contributed by atoms with van der Waals surface area (Å²) in [6, 6.07) is 11.0. The first kappa shape index (κ1) is 13.1. The normalized spacial score (nSPS) is 16.9. The summed E-state index contributed by atoms with van der Waals surface area (Å²) >= 11 is 0. The van der Waals surface area contributed by atoms with E-state index in [2.05, 4.69) is 11.4 Å². The van der Waals surface area contributed by atoms with Crippen molar-refractivity contribution in [2.24, 2.45) is 0 Å². The summed E-state index contributed by atoms with van der Waals surface area (Å²) in [4.78, 5) is 0. The first-order valence-corrected chi connectivity index (χ1v) is 6.88. The Labute approximate surface area is 118 Å². The van der Waals surface area contributed by atoms with E-state index in [4.69, 9.17) is 4.74 Å². The van der Waals surface area contributed by atoms with Crippen LogP contribution >= 0.6 is 0 Å². The van der Waals surface area contributed by atoms with Gasteiger partial charge in [-0.1, -0.05) is 24.3 Å². The van der Waals surface area contributed by atoms with Gasteiger partial charge in [0.2, 0.25) is 0 Å². The first-order valence-electron chi connectivity index (χ1n) is 6.88. The third-order valence-electron chi connectivity index (χ3n) is 3.64. The van der Waals surface area contributed by atoms with Gasteiger partial charge in [-0.05, 0) is 37.2 Å². The second kappa shape index (κ2) is 5.25. The van der Waals surface area contributed by atoms with Crippen molar-refractivity contribution in [3.63, 3.8) is 0 Å². The lowest BCUT2D eigenvalue weighted by Crippen LogP contribution is -2.27. The number of likely N-dealkylation sites (N-methyl/N-ethyl adjacent to an activating group) is 1. The standard InChI is InChI=1S/C17H18FNO/c1-11-7-12-9-13(10-19-2)20-17(12)15(8-11)14-5-3-4-6-16(14)18/h3-8,13,19H,9-10H2,1-2H3. The van der Waals surface area contributed by atoms with Crippen LogP contribution in [0.3, 0.4) is 0 Å². The predicted molar refractivity (Wildman–Crippen MR) is 78.6 cm³/mol.